The third-order valence-corrected chi connectivity index (χ3v) is 4.99. The maximum atomic E-state index is 11.9. The summed E-state index contributed by atoms with van der Waals surface area (Å²) < 4.78 is 0. The number of hydrogen-bond donors (Lipinski definition) is 1. The van der Waals surface area contributed by atoms with Crippen molar-refractivity contribution in [3.8, 4) is 0 Å². The normalized spacial score (nSPS) is 12.3. The topological polar surface area (TPSA) is 37.3 Å². The summed E-state index contributed by atoms with van der Waals surface area (Å²) in [4.78, 5) is 11.9. The SMILES string of the molecule is O=C(O)C(Cc1ccc2ccccc2c1)Cc1cccc2ccccc12. The highest BCUT2D eigenvalue weighted by atomic mass is 16.4. The van der Waals surface area contributed by atoms with E-state index in [0.717, 1.165) is 27.3 Å². The van der Waals surface area contributed by atoms with Crippen molar-refractivity contribution in [1.82, 2.24) is 0 Å². The molecular weight excluding hydrogens is 320 g/mol. The minimum atomic E-state index is -0.744. The molecule has 2 nitrogen and oxygen atoms in total. The number of fused-ring (bicyclic) bond motifs is 2. The summed E-state index contributed by atoms with van der Waals surface area (Å²) in [5.74, 6) is -1.19. The first-order chi connectivity index (χ1) is 12.7. The Kier molecular flexibility index (Phi) is 4.40. The average Bonchev–Trinajstić information content (AvgIpc) is 2.67. The smallest absolute Gasteiger partial charge is 0.307 e. The molecule has 1 N–H and O–H groups in total. The number of hydrogen-bond acceptors (Lipinski definition) is 1. The molecule has 0 aromatic heterocycles. The molecule has 0 spiro atoms. The van der Waals surface area contributed by atoms with Crippen LogP contribution in [0, 0.1) is 5.92 Å². The van der Waals surface area contributed by atoms with Crippen molar-refractivity contribution in [2.75, 3.05) is 0 Å². The van der Waals surface area contributed by atoms with Crippen LogP contribution in [0.5, 0.6) is 0 Å². The number of aliphatic carboxylic acids is 1. The Balaban J connectivity index is 1.64. The van der Waals surface area contributed by atoms with Gasteiger partial charge in [-0.15, -0.1) is 0 Å². The maximum Gasteiger partial charge on any atom is 0.307 e. The van der Waals surface area contributed by atoms with Crippen LogP contribution in [0.3, 0.4) is 0 Å². The molecule has 0 heterocycles. The van der Waals surface area contributed by atoms with E-state index < -0.39 is 11.9 Å². The van der Waals surface area contributed by atoms with E-state index in [4.69, 9.17) is 0 Å². The molecule has 0 aliphatic carbocycles. The lowest BCUT2D eigenvalue weighted by Gasteiger charge is -2.15. The largest absolute Gasteiger partial charge is 0.481 e. The van der Waals surface area contributed by atoms with Gasteiger partial charge in [-0.3, -0.25) is 4.79 Å². The molecule has 26 heavy (non-hydrogen) atoms. The number of benzene rings is 4. The first-order valence-corrected chi connectivity index (χ1v) is 8.88. The molecule has 4 rings (SSSR count). The van der Waals surface area contributed by atoms with Gasteiger partial charge in [-0.1, -0.05) is 84.9 Å². The molecule has 4 aromatic rings. The van der Waals surface area contributed by atoms with Crippen molar-refractivity contribution >= 4 is 27.5 Å². The third-order valence-electron chi connectivity index (χ3n) is 4.99. The molecule has 2 heteroatoms. The van der Waals surface area contributed by atoms with Gasteiger partial charge in [-0.25, -0.2) is 0 Å². The Morgan fingerprint density at radius 2 is 1.42 bits per heavy atom. The number of carboxylic acid groups (broad SMARTS) is 1. The number of carbonyl (C=O) groups is 1. The Bertz CT molecular complexity index is 1080. The highest BCUT2D eigenvalue weighted by Crippen LogP contribution is 2.24. The van der Waals surface area contributed by atoms with Crippen LogP contribution >= 0.6 is 0 Å². The quantitative estimate of drug-likeness (QED) is 0.522. The average molecular weight is 340 g/mol. The monoisotopic (exact) mass is 340 g/mol. The molecule has 0 radical (unpaired) electrons. The summed E-state index contributed by atoms with van der Waals surface area (Å²) in [7, 11) is 0. The van der Waals surface area contributed by atoms with Crippen LogP contribution in [0.4, 0.5) is 0 Å². The van der Waals surface area contributed by atoms with E-state index in [2.05, 4.69) is 42.5 Å². The lowest BCUT2D eigenvalue weighted by atomic mass is 9.90. The first-order valence-electron chi connectivity index (χ1n) is 8.88. The van der Waals surface area contributed by atoms with Crippen molar-refractivity contribution in [1.29, 1.82) is 0 Å². The van der Waals surface area contributed by atoms with E-state index in [9.17, 15) is 9.90 Å². The summed E-state index contributed by atoms with van der Waals surface area (Å²) in [5.41, 5.74) is 2.16. The van der Waals surface area contributed by atoms with Crippen molar-refractivity contribution in [3.05, 3.63) is 96.1 Å². The second-order valence-corrected chi connectivity index (χ2v) is 6.76. The standard InChI is InChI=1S/C24H20O2/c25-24(26)22(15-17-12-13-18-6-1-2-8-20(18)14-17)16-21-10-5-9-19-7-3-4-11-23(19)21/h1-14,22H,15-16H2,(H,25,26). The lowest BCUT2D eigenvalue weighted by Crippen LogP contribution is -2.19. The fourth-order valence-corrected chi connectivity index (χ4v) is 3.63. The number of rotatable bonds is 5. The van der Waals surface area contributed by atoms with Gasteiger partial charge in [-0.05, 0) is 45.5 Å². The van der Waals surface area contributed by atoms with Gasteiger partial charge in [0.15, 0.2) is 0 Å². The van der Waals surface area contributed by atoms with Crippen LogP contribution in [-0.2, 0) is 17.6 Å². The second-order valence-electron chi connectivity index (χ2n) is 6.76. The fourth-order valence-electron chi connectivity index (χ4n) is 3.63. The van der Waals surface area contributed by atoms with Gasteiger partial charge in [0.1, 0.15) is 0 Å². The molecule has 0 aliphatic heterocycles. The van der Waals surface area contributed by atoms with Crippen LogP contribution in [0.15, 0.2) is 84.9 Å². The Labute approximate surface area is 152 Å². The van der Waals surface area contributed by atoms with Crippen LogP contribution in [0.25, 0.3) is 21.5 Å². The van der Waals surface area contributed by atoms with Crippen LogP contribution < -0.4 is 0 Å². The summed E-state index contributed by atoms with van der Waals surface area (Å²) in [6.07, 6.45) is 1.06. The zero-order chi connectivity index (χ0) is 17.9. The van der Waals surface area contributed by atoms with E-state index in [0.29, 0.717) is 12.8 Å². The summed E-state index contributed by atoms with van der Waals surface area (Å²) in [6, 6.07) is 28.7. The van der Waals surface area contributed by atoms with Crippen LogP contribution in [-0.4, -0.2) is 11.1 Å². The Morgan fingerprint density at radius 1 is 0.731 bits per heavy atom. The van der Waals surface area contributed by atoms with E-state index in [1.807, 2.05) is 42.5 Å². The fraction of sp³-hybridized carbons (Fsp3) is 0.125. The van der Waals surface area contributed by atoms with Crippen LogP contribution in [0.2, 0.25) is 0 Å². The predicted octanol–water partition coefficient (Wildman–Crippen LogP) is 5.48. The highest BCUT2D eigenvalue weighted by molar-refractivity contribution is 5.86. The zero-order valence-corrected chi connectivity index (χ0v) is 14.4. The van der Waals surface area contributed by atoms with Crippen molar-refractivity contribution in [2.24, 2.45) is 5.92 Å². The van der Waals surface area contributed by atoms with Gasteiger partial charge in [-0.2, -0.15) is 0 Å². The Morgan fingerprint density at radius 3 is 2.23 bits per heavy atom. The van der Waals surface area contributed by atoms with Crippen molar-refractivity contribution in [2.45, 2.75) is 12.8 Å². The molecule has 0 bridgehead atoms. The van der Waals surface area contributed by atoms with E-state index >= 15 is 0 Å². The van der Waals surface area contributed by atoms with Gasteiger partial charge in [0.25, 0.3) is 0 Å². The molecular formula is C24H20O2. The summed E-state index contributed by atoms with van der Waals surface area (Å²) in [6.45, 7) is 0. The van der Waals surface area contributed by atoms with Gasteiger partial charge < -0.3 is 5.11 Å². The molecule has 0 saturated heterocycles. The molecule has 1 atom stereocenters. The molecule has 128 valence electrons. The Hall–Kier alpha value is -3.13. The molecule has 0 amide bonds. The zero-order valence-electron chi connectivity index (χ0n) is 14.4. The van der Waals surface area contributed by atoms with E-state index in [1.165, 1.54) is 5.39 Å². The highest BCUT2D eigenvalue weighted by Gasteiger charge is 2.20. The van der Waals surface area contributed by atoms with E-state index in [-0.39, 0.29) is 0 Å². The van der Waals surface area contributed by atoms with Gasteiger partial charge in [0.2, 0.25) is 0 Å². The van der Waals surface area contributed by atoms with Gasteiger partial charge in [0.05, 0.1) is 5.92 Å². The summed E-state index contributed by atoms with van der Waals surface area (Å²) >= 11 is 0. The summed E-state index contributed by atoms with van der Waals surface area (Å²) in [5, 5.41) is 14.4. The first kappa shape index (κ1) is 16.3. The molecule has 0 aliphatic rings. The molecule has 0 fully saturated rings. The maximum absolute atomic E-state index is 11.9. The number of carboxylic acids is 1. The van der Waals surface area contributed by atoms with Crippen molar-refractivity contribution in [3.63, 3.8) is 0 Å². The third kappa shape index (κ3) is 3.31. The molecule has 1 unspecified atom stereocenters. The minimum Gasteiger partial charge on any atom is -0.481 e. The van der Waals surface area contributed by atoms with E-state index in [1.54, 1.807) is 0 Å². The predicted molar refractivity (Wildman–Crippen MR) is 106 cm³/mol. The molecule has 0 saturated carbocycles. The minimum absolute atomic E-state index is 0.443. The van der Waals surface area contributed by atoms with Gasteiger partial charge >= 0.3 is 5.97 Å². The lowest BCUT2D eigenvalue weighted by molar-refractivity contribution is -0.141. The van der Waals surface area contributed by atoms with Gasteiger partial charge in [0, 0.05) is 0 Å². The van der Waals surface area contributed by atoms with Crippen molar-refractivity contribution < 1.29 is 9.90 Å². The van der Waals surface area contributed by atoms with Crippen LogP contribution in [0.1, 0.15) is 11.1 Å². The molecule has 4 aromatic carbocycles. The second kappa shape index (κ2) is 7.01.